The zero-order valence-electron chi connectivity index (χ0n) is 8.54. The number of halogens is 2. The van der Waals surface area contributed by atoms with Gasteiger partial charge in [-0.1, -0.05) is 0 Å². The van der Waals surface area contributed by atoms with Crippen LogP contribution in [0.3, 0.4) is 0 Å². The fourth-order valence-corrected chi connectivity index (χ4v) is 1.33. The van der Waals surface area contributed by atoms with Crippen LogP contribution in [0.25, 0.3) is 0 Å². The van der Waals surface area contributed by atoms with Crippen LogP contribution in [0.4, 0.5) is 8.78 Å². The van der Waals surface area contributed by atoms with Crippen LogP contribution in [0.1, 0.15) is 11.5 Å². The Morgan fingerprint density at radius 3 is 2.56 bits per heavy atom. The molecule has 0 bridgehead atoms. The van der Waals surface area contributed by atoms with Crippen molar-refractivity contribution >= 4 is 5.97 Å². The summed E-state index contributed by atoms with van der Waals surface area (Å²) in [6.45, 7) is -0.277. The van der Waals surface area contributed by atoms with Gasteiger partial charge in [-0.3, -0.25) is 4.79 Å². The van der Waals surface area contributed by atoms with E-state index >= 15 is 0 Å². The molecule has 1 rings (SSSR count). The van der Waals surface area contributed by atoms with E-state index in [0.717, 1.165) is 6.07 Å². The van der Waals surface area contributed by atoms with Gasteiger partial charge in [0.15, 0.2) is 11.6 Å². The molecule has 4 nitrogen and oxygen atoms in total. The molecule has 0 fully saturated rings. The standard InChI is InChI=1S/C10H11F2NO3/c1-16-9-2-5(6(4-13)10(14)15)7(11)3-8(9)12/h2-3,6H,4,13H2,1H3,(H,14,15). The lowest BCUT2D eigenvalue weighted by Crippen LogP contribution is -2.22. The lowest BCUT2D eigenvalue weighted by molar-refractivity contribution is -0.138. The van der Waals surface area contributed by atoms with Crippen molar-refractivity contribution in [3.63, 3.8) is 0 Å². The largest absolute Gasteiger partial charge is 0.494 e. The van der Waals surface area contributed by atoms with Crippen molar-refractivity contribution in [2.75, 3.05) is 13.7 Å². The molecule has 6 heteroatoms. The quantitative estimate of drug-likeness (QED) is 0.813. The van der Waals surface area contributed by atoms with Crippen molar-refractivity contribution in [2.24, 2.45) is 5.73 Å². The molecule has 1 aromatic rings. The second-order valence-corrected chi connectivity index (χ2v) is 3.13. The number of hydrogen-bond acceptors (Lipinski definition) is 3. The van der Waals surface area contributed by atoms with E-state index in [4.69, 9.17) is 10.8 Å². The third kappa shape index (κ3) is 2.27. The summed E-state index contributed by atoms with van der Waals surface area (Å²) in [7, 11) is 1.21. The highest BCUT2D eigenvalue weighted by molar-refractivity contribution is 5.76. The Hall–Kier alpha value is -1.69. The molecule has 88 valence electrons. The summed E-state index contributed by atoms with van der Waals surface area (Å²) in [5, 5.41) is 8.80. The van der Waals surface area contributed by atoms with Crippen LogP contribution in [0.5, 0.6) is 5.75 Å². The molecule has 0 aromatic heterocycles. The van der Waals surface area contributed by atoms with Gasteiger partial charge in [0.2, 0.25) is 0 Å². The van der Waals surface area contributed by atoms with Crippen molar-refractivity contribution in [1.82, 2.24) is 0 Å². The van der Waals surface area contributed by atoms with Crippen LogP contribution in [-0.2, 0) is 4.79 Å². The number of methoxy groups -OCH3 is 1. The van der Waals surface area contributed by atoms with Gasteiger partial charge in [-0.15, -0.1) is 0 Å². The van der Waals surface area contributed by atoms with Crippen molar-refractivity contribution < 1.29 is 23.4 Å². The fourth-order valence-electron chi connectivity index (χ4n) is 1.33. The Kier molecular flexibility index (Phi) is 3.78. The van der Waals surface area contributed by atoms with Gasteiger partial charge < -0.3 is 15.6 Å². The number of nitrogens with two attached hydrogens (primary N) is 1. The van der Waals surface area contributed by atoms with E-state index in [0.29, 0.717) is 6.07 Å². The Bertz CT molecular complexity index is 409. The molecule has 1 atom stereocenters. The minimum absolute atomic E-state index is 0.187. The van der Waals surface area contributed by atoms with Gasteiger partial charge in [-0.2, -0.15) is 0 Å². The third-order valence-corrected chi connectivity index (χ3v) is 2.18. The van der Waals surface area contributed by atoms with Gasteiger partial charge in [-0.05, 0) is 6.07 Å². The minimum atomic E-state index is -1.27. The van der Waals surface area contributed by atoms with Crippen molar-refractivity contribution in [2.45, 2.75) is 5.92 Å². The molecular formula is C10H11F2NO3. The number of carboxylic acid groups (broad SMARTS) is 1. The molecule has 0 aliphatic carbocycles. The van der Waals surface area contributed by atoms with Crippen molar-refractivity contribution in [3.8, 4) is 5.75 Å². The van der Waals surface area contributed by atoms with Crippen LogP contribution >= 0.6 is 0 Å². The Morgan fingerprint density at radius 1 is 1.50 bits per heavy atom. The molecule has 0 saturated carbocycles. The first-order valence-corrected chi connectivity index (χ1v) is 4.47. The van der Waals surface area contributed by atoms with Crippen LogP contribution in [0.2, 0.25) is 0 Å². The highest BCUT2D eigenvalue weighted by atomic mass is 19.1. The lowest BCUT2D eigenvalue weighted by atomic mass is 9.98. The average molecular weight is 231 g/mol. The van der Waals surface area contributed by atoms with Crippen LogP contribution in [0, 0.1) is 11.6 Å². The number of rotatable bonds is 4. The molecule has 0 spiro atoms. The van der Waals surface area contributed by atoms with Gasteiger partial charge in [-0.25, -0.2) is 8.78 Å². The van der Waals surface area contributed by atoms with E-state index in [1.165, 1.54) is 7.11 Å². The van der Waals surface area contributed by atoms with Crippen molar-refractivity contribution in [1.29, 1.82) is 0 Å². The highest BCUT2D eigenvalue weighted by Crippen LogP contribution is 2.26. The van der Waals surface area contributed by atoms with Crippen molar-refractivity contribution in [3.05, 3.63) is 29.3 Å². The number of hydrogen-bond donors (Lipinski definition) is 2. The normalized spacial score (nSPS) is 12.2. The van der Waals surface area contributed by atoms with Gasteiger partial charge in [0.25, 0.3) is 0 Å². The molecule has 0 heterocycles. The molecule has 16 heavy (non-hydrogen) atoms. The second-order valence-electron chi connectivity index (χ2n) is 3.13. The van der Waals surface area contributed by atoms with E-state index in [1.54, 1.807) is 0 Å². The van der Waals surface area contributed by atoms with E-state index in [9.17, 15) is 13.6 Å². The van der Waals surface area contributed by atoms with Crippen LogP contribution in [-0.4, -0.2) is 24.7 Å². The molecule has 3 N–H and O–H groups in total. The minimum Gasteiger partial charge on any atom is -0.494 e. The summed E-state index contributed by atoms with van der Waals surface area (Å²) < 4.78 is 31.0. The molecular weight excluding hydrogens is 220 g/mol. The SMILES string of the molecule is COc1cc(C(CN)C(=O)O)c(F)cc1F. The van der Waals surface area contributed by atoms with E-state index < -0.39 is 23.5 Å². The molecule has 1 unspecified atom stereocenters. The topological polar surface area (TPSA) is 72.5 Å². The number of carbonyl (C=O) groups is 1. The summed E-state index contributed by atoms with van der Waals surface area (Å²) in [5.74, 6) is -4.53. The maximum Gasteiger partial charge on any atom is 0.312 e. The highest BCUT2D eigenvalue weighted by Gasteiger charge is 2.23. The van der Waals surface area contributed by atoms with Gasteiger partial charge in [0.1, 0.15) is 5.82 Å². The maximum absolute atomic E-state index is 13.3. The average Bonchev–Trinajstić information content (AvgIpc) is 2.21. The first kappa shape index (κ1) is 12.4. The summed E-state index contributed by atoms with van der Waals surface area (Å²) in [6, 6.07) is 1.59. The van der Waals surface area contributed by atoms with Crippen LogP contribution in [0.15, 0.2) is 12.1 Å². The Balaban J connectivity index is 3.26. The zero-order valence-corrected chi connectivity index (χ0v) is 8.54. The van der Waals surface area contributed by atoms with E-state index in [1.807, 2.05) is 0 Å². The third-order valence-electron chi connectivity index (χ3n) is 2.18. The zero-order chi connectivity index (χ0) is 12.3. The van der Waals surface area contributed by atoms with Crippen LogP contribution < -0.4 is 10.5 Å². The summed E-state index contributed by atoms with van der Waals surface area (Å²) in [5.41, 5.74) is 5.04. The first-order chi connectivity index (χ1) is 7.51. The monoisotopic (exact) mass is 231 g/mol. The van der Waals surface area contributed by atoms with E-state index in [-0.39, 0.29) is 17.9 Å². The van der Waals surface area contributed by atoms with Gasteiger partial charge in [0, 0.05) is 18.2 Å². The number of ether oxygens (including phenoxy) is 1. The number of benzene rings is 1. The molecule has 0 aliphatic heterocycles. The van der Waals surface area contributed by atoms with Gasteiger partial charge >= 0.3 is 5.97 Å². The summed E-state index contributed by atoms with van der Waals surface area (Å²) in [6.07, 6.45) is 0. The lowest BCUT2D eigenvalue weighted by Gasteiger charge is -2.12. The maximum atomic E-state index is 13.3. The Labute approximate surface area is 90.6 Å². The van der Waals surface area contributed by atoms with E-state index in [2.05, 4.69) is 4.74 Å². The number of aliphatic carboxylic acids is 1. The predicted molar refractivity (Wildman–Crippen MR) is 52.3 cm³/mol. The molecule has 1 aromatic carbocycles. The summed E-state index contributed by atoms with van der Waals surface area (Å²) >= 11 is 0. The molecule has 0 radical (unpaired) electrons. The summed E-state index contributed by atoms with van der Waals surface area (Å²) in [4.78, 5) is 10.8. The van der Waals surface area contributed by atoms with Gasteiger partial charge in [0.05, 0.1) is 13.0 Å². The number of carboxylic acids is 1. The smallest absolute Gasteiger partial charge is 0.312 e. The molecule has 0 saturated heterocycles. The Morgan fingerprint density at radius 2 is 2.12 bits per heavy atom. The second kappa shape index (κ2) is 4.89. The molecule has 0 aliphatic rings. The fraction of sp³-hybridized carbons (Fsp3) is 0.300. The predicted octanol–water partition coefficient (Wildman–Crippen LogP) is 1.10. The first-order valence-electron chi connectivity index (χ1n) is 4.47. The molecule has 0 amide bonds.